The predicted molar refractivity (Wildman–Crippen MR) is 142 cm³/mol. The summed E-state index contributed by atoms with van der Waals surface area (Å²) in [7, 11) is 0. The molecule has 4 nitrogen and oxygen atoms in total. The normalized spacial score (nSPS) is 16.1. The van der Waals surface area contributed by atoms with Crippen LogP contribution >= 0.6 is 11.6 Å². The monoisotopic (exact) mass is 646 g/mol. The van der Waals surface area contributed by atoms with Crippen LogP contribution in [-0.2, 0) is 21.1 Å². The van der Waals surface area contributed by atoms with Gasteiger partial charge in [0.1, 0.15) is 0 Å². The minimum Gasteiger partial charge on any atom is -0.674 e. The Hall–Kier alpha value is -1.03. The summed E-state index contributed by atoms with van der Waals surface area (Å²) in [5, 5.41) is 1.82. The van der Waals surface area contributed by atoms with E-state index in [1.165, 1.54) is 25.7 Å². The third-order valence-electron chi connectivity index (χ3n) is 4.65. The first-order valence-electron chi connectivity index (χ1n) is 10.00. The van der Waals surface area contributed by atoms with E-state index in [1.807, 2.05) is 37.3 Å². The maximum absolute atomic E-state index is 7.48. The number of fused-ring (bicyclic) bond motifs is 1. The molecule has 0 amide bonds. The summed E-state index contributed by atoms with van der Waals surface area (Å²) >= 11 is 6.23. The first kappa shape index (κ1) is 41.2. The molecule has 1 saturated carbocycles. The fraction of sp³-hybridized carbons (Fsp3) is 0.423. The second-order valence-electron chi connectivity index (χ2n) is 7.14. The molecule has 3 rings (SSSR count). The summed E-state index contributed by atoms with van der Waals surface area (Å²) in [6.45, 7) is 12.1. The number of rotatable bonds is 2. The van der Waals surface area contributed by atoms with Crippen LogP contribution in [0.2, 0.25) is 5.02 Å². The second-order valence-corrected chi connectivity index (χ2v) is 7.55. The zero-order valence-electron chi connectivity index (χ0n) is 20.6. The zero-order valence-corrected chi connectivity index (χ0v) is 23.6. The van der Waals surface area contributed by atoms with E-state index >= 15 is 0 Å². The van der Waals surface area contributed by atoms with Crippen molar-refractivity contribution in [3.05, 3.63) is 79.9 Å². The Morgan fingerprint density at radius 1 is 1.19 bits per heavy atom. The van der Waals surface area contributed by atoms with Crippen molar-refractivity contribution in [1.82, 2.24) is 4.98 Å². The van der Waals surface area contributed by atoms with Crippen LogP contribution in [0.5, 0.6) is 0 Å². The van der Waals surface area contributed by atoms with Gasteiger partial charge in [-0.25, -0.2) is 0 Å². The number of hydrogen-bond donors (Lipinski definition) is 0. The van der Waals surface area contributed by atoms with E-state index in [9.17, 15) is 0 Å². The SMILES string of the molecule is C=C/C=C\c1c(Cl)cc2cccnc2c1C.CC1CCCCC1[NH-].CCC.O.O.[CH3-].[CH3-].[Pt]. The standard InChI is InChI=1S/C14H12ClN.C7H14N.C3H8.2CH3.2H2O.Pt/c1-3-4-7-12-10(2)14-11(9-13(12)15)6-5-8-16-14;1-6-4-2-3-5-7(6)8;1-3-2;;;;;/h3-9H,1H2,2H3;6-8H,2-5H2,1H3;3H2,1-2H3;2*1H3;2*1H2;/q;-1;;2*-1;;;/b7-4-;;;;;;;. The molecule has 0 saturated heterocycles. The summed E-state index contributed by atoms with van der Waals surface area (Å²) in [6.07, 6.45) is 13.7. The van der Waals surface area contributed by atoms with Crippen LogP contribution in [0, 0.1) is 27.7 Å². The number of allylic oxidation sites excluding steroid dienone is 2. The maximum atomic E-state index is 7.48. The molecule has 0 aliphatic heterocycles. The zero-order chi connectivity index (χ0) is 20.2. The van der Waals surface area contributed by atoms with Crippen LogP contribution in [-0.4, -0.2) is 22.0 Å². The minimum absolute atomic E-state index is 0. The maximum Gasteiger partial charge on any atom is 0.0738 e. The van der Waals surface area contributed by atoms with Crippen molar-refractivity contribution in [2.24, 2.45) is 5.92 Å². The molecule has 2 atom stereocenters. The van der Waals surface area contributed by atoms with Crippen LogP contribution < -0.4 is 0 Å². The van der Waals surface area contributed by atoms with Gasteiger partial charge in [-0.1, -0.05) is 101 Å². The fourth-order valence-corrected chi connectivity index (χ4v) is 3.38. The largest absolute Gasteiger partial charge is 0.674 e. The Morgan fingerprint density at radius 3 is 2.22 bits per heavy atom. The van der Waals surface area contributed by atoms with Gasteiger partial charge in [-0.05, 0) is 30.2 Å². The topological polar surface area (TPSA) is 99.7 Å². The van der Waals surface area contributed by atoms with Crippen molar-refractivity contribution in [2.75, 3.05) is 0 Å². The van der Waals surface area contributed by atoms with E-state index in [0.717, 1.165) is 33.5 Å². The summed E-state index contributed by atoms with van der Waals surface area (Å²) in [5.74, 6) is 0.670. The third kappa shape index (κ3) is 13.5. The van der Waals surface area contributed by atoms with Crippen LogP contribution in [0.15, 0.2) is 43.1 Å². The van der Waals surface area contributed by atoms with Crippen molar-refractivity contribution in [1.29, 1.82) is 0 Å². The number of benzene rings is 1. The molecule has 0 radical (unpaired) electrons. The molecule has 6 heteroatoms. The van der Waals surface area contributed by atoms with Crippen molar-refractivity contribution in [3.8, 4) is 0 Å². The van der Waals surface area contributed by atoms with Crippen molar-refractivity contribution in [3.63, 3.8) is 0 Å². The number of aromatic nitrogens is 1. The van der Waals surface area contributed by atoms with E-state index < -0.39 is 0 Å². The fourth-order valence-electron chi connectivity index (χ4n) is 3.05. The van der Waals surface area contributed by atoms with E-state index in [-0.39, 0.29) is 52.9 Å². The Labute approximate surface area is 216 Å². The summed E-state index contributed by atoms with van der Waals surface area (Å²) < 4.78 is 0. The van der Waals surface area contributed by atoms with Gasteiger partial charge in [-0.2, -0.15) is 0 Å². The van der Waals surface area contributed by atoms with Crippen LogP contribution in [0.25, 0.3) is 22.7 Å². The average Bonchev–Trinajstić information content (AvgIpc) is 2.65. The summed E-state index contributed by atoms with van der Waals surface area (Å²) in [5.41, 5.74) is 10.6. The van der Waals surface area contributed by atoms with Gasteiger partial charge >= 0.3 is 0 Å². The molecule has 1 aliphatic rings. The number of nitrogens with one attached hydrogen (secondary N) is 1. The number of halogens is 1. The molecule has 0 spiro atoms. The van der Waals surface area contributed by atoms with Gasteiger partial charge in [-0.15, -0.1) is 6.04 Å². The molecule has 190 valence electrons. The van der Waals surface area contributed by atoms with E-state index in [0.29, 0.717) is 5.92 Å². The van der Waals surface area contributed by atoms with Gasteiger partial charge in [0.05, 0.1) is 5.52 Å². The molecular weight excluding hydrogens is 603 g/mol. The van der Waals surface area contributed by atoms with Gasteiger partial charge in [0, 0.05) is 37.7 Å². The molecule has 1 aromatic heterocycles. The van der Waals surface area contributed by atoms with Crippen LogP contribution in [0.3, 0.4) is 0 Å². The third-order valence-corrected chi connectivity index (χ3v) is 4.96. The van der Waals surface area contributed by atoms with Crippen molar-refractivity contribution < 1.29 is 32.0 Å². The Kier molecular flexibility index (Phi) is 29.8. The predicted octanol–water partition coefficient (Wildman–Crippen LogP) is 7.68. The quantitative estimate of drug-likeness (QED) is 0.243. The average molecular weight is 647 g/mol. The second kappa shape index (κ2) is 23.1. The Bertz CT molecular complexity index is 744. The van der Waals surface area contributed by atoms with Gasteiger partial charge in [0.25, 0.3) is 0 Å². The molecule has 5 N–H and O–H groups in total. The number of hydrogen-bond acceptors (Lipinski definition) is 1. The summed E-state index contributed by atoms with van der Waals surface area (Å²) in [4.78, 5) is 4.37. The molecule has 1 aromatic carbocycles. The first-order chi connectivity index (χ1) is 13.0. The molecular formula is C26H44ClN2O2Pt-3. The molecule has 1 fully saturated rings. The van der Waals surface area contributed by atoms with Gasteiger partial charge in [0.2, 0.25) is 0 Å². The van der Waals surface area contributed by atoms with E-state index in [4.69, 9.17) is 17.3 Å². The summed E-state index contributed by atoms with van der Waals surface area (Å²) in [6, 6.07) is 6.13. The molecule has 32 heavy (non-hydrogen) atoms. The molecule has 2 aromatic rings. The van der Waals surface area contributed by atoms with Crippen molar-refractivity contribution in [2.45, 2.75) is 65.8 Å². The minimum atomic E-state index is 0. The van der Waals surface area contributed by atoms with E-state index in [1.54, 1.807) is 12.3 Å². The van der Waals surface area contributed by atoms with Gasteiger partial charge in [-0.3, -0.25) is 4.98 Å². The Morgan fingerprint density at radius 2 is 1.75 bits per heavy atom. The smallest absolute Gasteiger partial charge is 0.0738 e. The first-order valence-corrected chi connectivity index (χ1v) is 10.4. The number of pyridine rings is 1. The van der Waals surface area contributed by atoms with Crippen molar-refractivity contribution >= 4 is 28.6 Å². The Balaban J connectivity index is -0.000000132. The molecule has 0 bridgehead atoms. The molecule has 2 unspecified atom stereocenters. The number of nitrogens with zero attached hydrogens (tertiary/aromatic N) is 1. The molecule has 1 aliphatic carbocycles. The van der Waals surface area contributed by atoms with Crippen LogP contribution in [0.4, 0.5) is 0 Å². The van der Waals surface area contributed by atoms with Gasteiger partial charge in [0.15, 0.2) is 0 Å². The van der Waals surface area contributed by atoms with Crippen LogP contribution in [0.1, 0.15) is 64.0 Å². The molecule has 1 heterocycles. The number of aryl methyl sites for hydroxylation is 1. The van der Waals surface area contributed by atoms with Gasteiger partial charge < -0.3 is 31.5 Å². The van der Waals surface area contributed by atoms with E-state index in [2.05, 4.69) is 32.3 Å².